The molecule has 0 unspecified atom stereocenters. The summed E-state index contributed by atoms with van der Waals surface area (Å²) in [6.07, 6.45) is 7.76. The van der Waals surface area contributed by atoms with E-state index in [0.29, 0.717) is 41.4 Å². The molecule has 0 radical (unpaired) electrons. The monoisotopic (exact) mass is 434 g/mol. The van der Waals surface area contributed by atoms with Crippen LogP contribution >= 0.6 is 0 Å². The Morgan fingerprint density at radius 1 is 1.12 bits per heavy atom. The standard InChI is InChI=1S/C25H30N4O3/c1-17(2)15-29-25(31)20-12-7-6-11-19(20)22(28-29)24(30)27-23-21(13-8-14-26-23)32-16-18-9-4-3-5-10-18/h6-8,11-14,17-18H,3-5,9-10,15-16H2,1-2H3,(H,26,27,30). The van der Waals surface area contributed by atoms with Gasteiger partial charge in [-0.1, -0.05) is 51.3 Å². The quantitative estimate of drug-likeness (QED) is 0.585. The maximum absolute atomic E-state index is 13.3. The summed E-state index contributed by atoms with van der Waals surface area (Å²) >= 11 is 0. The number of hydrogen-bond donors (Lipinski definition) is 1. The van der Waals surface area contributed by atoms with E-state index in [9.17, 15) is 9.59 Å². The van der Waals surface area contributed by atoms with Crippen molar-refractivity contribution < 1.29 is 9.53 Å². The van der Waals surface area contributed by atoms with Crippen LogP contribution in [0.3, 0.4) is 0 Å². The van der Waals surface area contributed by atoms with Crippen molar-refractivity contribution in [1.82, 2.24) is 14.8 Å². The van der Waals surface area contributed by atoms with E-state index in [2.05, 4.69) is 15.4 Å². The van der Waals surface area contributed by atoms with Crippen molar-refractivity contribution in [2.24, 2.45) is 11.8 Å². The number of carbonyl (C=O) groups excluding carboxylic acids is 1. The Balaban J connectivity index is 1.60. The first kappa shape index (κ1) is 22.0. The number of aromatic nitrogens is 3. The van der Waals surface area contributed by atoms with Gasteiger partial charge in [0.25, 0.3) is 11.5 Å². The van der Waals surface area contributed by atoms with Crippen LogP contribution in [0.1, 0.15) is 56.4 Å². The summed E-state index contributed by atoms with van der Waals surface area (Å²) in [6, 6.07) is 10.7. The number of amides is 1. The van der Waals surface area contributed by atoms with Gasteiger partial charge in [-0.2, -0.15) is 5.10 Å². The number of rotatable bonds is 7. The van der Waals surface area contributed by atoms with Crippen LogP contribution in [-0.4, -0.2) is 27.3 Å². The van der Waals surface area contributed by atoms with Crippen LogP contribution in [0.15, 0.2) is 47.4 Å². The van der Waals surface area contributed by atoms with E-state index >= 15 is 0 Å². The summed E-state index contributed by atoms with van der Waals surface area (Å²) < 4.78 is 7.42. The smallest absolute Gasteiger partial charge is 0.278 e. The van der Waals surface area contributed by atoms with Gasteiger partial charge in [-0.3, -0.25) is 9.59 Å². The SMILES string of the molecule is CC(C)Cn1nc(C(=O)Nc2ncccc2OCC2CCCCC2)c2ccccc2c1=O. The predicted octanol–water partition coefficient (Wildman–Crippen LogP) is 4.66. The van der Waals surface area contributed by atoms with Gasteiger partial charge in [0.15, 0.2) is 17.3 Å². The van der Waals surface area contributed by atoms with Crippen LogP contribution in [0.25, 0.3) is 10.8 Å². The lowest BCUT2D eigenvalue weighted by Crippen LogP contribution is -2.29. The number of carbonyl (C=O) groups is 1. The number of ether oxygens (including phenoxy) is 1. The average Bonchev–Trinajstić information content (AvgIpc) is 2.81. The van der Waals surface area contributed by atoms with Crippen LogP contribution in [-0.2, 0) is 6.54 Å². The summed E-state index contributed by atoms with van der Waals surface area (Å²) in [5, 5.41) is 8.26. The van der Waals surface area contributed by atoms with Crippen LogP contribution in [0.5, 0.6) is 5.75 Å². The lowest BCUT2D eigenvalue weighted by molar-refractivity contribution is 0.102. The molecule has 0 atom stereocenters. The Labute approximate surface area is 187 Å². The van der Waals surface area contributed by atoms with Crippen molar-refractivity contribution in [2.45, 2.75) is 52.5 Å². The molecule has 1 aromatic carbocycles. The largest absolute Gasteiger partial charge is 0.489 e. The zero-order valence-electron chi connectivity index (χ0n) is 18.7. The maximum Gasteiger partial charge on any atom is 0.278 e. The molecular formula is C25H30N4O3. The molecule has 2 heterocycles. The molecule has 1 saturated carbocycles. The lowest BCUT2D eigenvalue weighted by Gasteiger charge is -2.22. The van der Waals surface area contributed by atoms with Gasteiger partial charge in [0.05, 0.1) is 12.0 Å². The number of benzene rings is 1. The Morgan fingerprint density at radius 2 is 1.88 bits per heavy atom. The fourth-order valence-corrected chi connectivity index (χ4v) is 4.20. The normalized spacial score (nSPS) is 14.6. The fourth-order valence-electron chi connectivity index (χ4n) is 4.20. The summed E-state index contributed by atoms with van der Waals surface area (Å²) in [7, 11) is 0. The van der Waals surface area contributed by atoms with E-state index in [-0.39, 0.29) is 17.2 Å². The molecule has 4 rings (SSSR count). The minimum Gasteiger partial charge on any atom is -0.489 e. The van der Waals surface area contributed by atoms with Crippen LogP contribution in [0, 0.1) is 11.8 Å². The molecule has 1 aliphatic carbocycles. The molecule has 2 aromatic heterocycles. The highest BCUT2D eigenvalue weighted by Gasteiger charge is 2.20. The van der Waals surface area contributed by atoms with Crippen LogP contribution < -0.4 is 15.6 Å². The van der Waals surface area contributed by atoms with Crippen molar-refractivity contribution in [2.75, 3.05) is 11.9 Å². The molecule has 0 bridgehead atoms. The number of fused-ring (bicyclic) bond motifs is 1. The first-order chi connectivity index (χ1) is 15.5. The molecule has 1 N–H and O–H groups in total. The third-order valence-electron chi connectivity index (χ3n) is 5.82. The molecule has 1 fully saturated rings. The molecule has 168 valence electrons. The van der Waals surface area contributed by atoms with E-state index in [0.717, 1.165) is 0 Å². The van der Waals surface area contributed by atoms with Crippen molar-refractivity contribution in [3.63, 3.8) is 0 Å². The summed E-state index contributed by atoms with van der Waals surface area (Å²) in [5.41, 5.74) is 0.00456. The van der Waals surface area contributed by atoms with E-state index in [1.807, 2.05) is 19.9 Å². The van der Waals surface area contributed by atoms with Gasteiger partial charge in [-0.15, -0.1) is 0 Å². The summed E-state index contributed by atoms with van der Waals surface area (Å²) in [4.78, 5) is 30.4. The number of nitrogens with one attached hydrogen (secondary N) is 1. The number of anilines is 1. The zero-order valence-corrected chi connectivity index (χ0v) is 18.7. The Kier molecular flexibility index (Phi) is 6.83. The highest BCUT2D eigenvalue weighted by atomic mass is 16.5. The van der Waals surface area contributed by atoms with E-state index in [1.165, 1.54) is 36.8 Å². The van der Waals surface area contributed by atoms with Crippen LogP contribution in [0.4, 0.5) is 5.82 Å². The molecule has 0 saturated heterocycles. The van der Waals surface area contributed by atoms with Gasteiger partial charge >= 0.3 is 0 Å². The lowest BCUT2D eigenvalue weighted by atomic mass is 9.90. The van der Waals surface area contributed by atoms with Crippen molar-refractivity contribution in [3.05, 3.63) is 58.6 Å². The minimum atomic E-state index is -0.417. The second-order valence-corrected chi connectivity index (χ2v) is 8.89. The summed E-state index contributed by atoms with van der Waals surface area (Å²) in [5.74, 6) is 1.25. The molecule has 32 heavy (non-hydrogen) atoms. The second-order valence-electron chi connectivity index (χ2n) is 8.89. The van der Waals surface area contributed by atoms with Gasteiger partial charge in [0.1, 0.15) is 0 Å². The number of hydrogen-bond acceptors (Lipinski definition) is 5. The third kappa shape index (κ3) is 4.98. The van der Waals surface area contributed by atoms with Crippen LogP contribution in [0.2, 0.25) is 0 Å². The Hall–Kier alpha value is -3.22. The molecular weight excluding hydrogens is 404 g/mol. The summed E-state index contributed by atoms with van der Waals surface area (Å²) in [6.45, 7) is 5.07. The molecule has 0 spiro atoms. The van der Waals surface area contributed by atoms with Gasteiger partial charge in [0, 0.05) is 18.1 Å². The highest BCUT2D eigenvalue weighted by molar-refractivity contribution is 6.11. The number of nitrogens with zero attached hydrogens (tertiary/aromatic N) is 3. The molecule has 7 heteroatoms. The van der Waals surface area contributed by atoms with Gasteiger partial charge in [-0.05, 0) is 42.9 Å². The van der Waals surface area contributed by atoms with Gasteiger partial charge < -0.3 is 10.1 Å². The highest BCUT2D eigenvalue weighted by Crippen LogP contribution is 2.27. The van der Waals surface area contributed by atoms with Gasteiger partial charge in [0.2, 0.25) is 0 Å². The average molecular weight is 435 g/mol. The molecule has 1 amide bonds. The van der Waals surface area contributed by atoms with Crippen molar-refractivity contribution >= 4 is 22.5 Å². The first-order valence-corrected chi connectivity index (χ1v) is 11.4. The Morgan fingerprint density at radius 3 is 2.62 bits per heavy atom. The number of pyridine rings is 1. The molecule has 1 aliphatic rings. The molecule has 0 aliphatic heterocycles. The molecule has 7 nitrogen and oxygen atoms in total. The fraction of sp³-hybridized carbons (Fsp3) is 0.440. The predicted molar refractivity (Wildman–Crippen MR) is 125 cm³/mol. The van der Waals surface area contributed by atoms with Crippen molar-refractivity contribution in [3.8, 4) is 5.75 Å². The first-order valence-electron chi connectivity index (χ1n) is 11.4. The zero-order chi connectivity index (χ0) is 22.5. The maximum atomic E-state index is 13.3. The second kappa shape index (κ2) is 9.94. The Bertz CT molecular complexity index is 1150. The van der Waals surface area contributed by atoms with E-state index in [1.54, 1.807) is 36.5 Å². The van der Waals surface area contributed by atoms with E-state index < -0.39 is 5.91 Å². The van der Waals surface area contributed by atoms with Gasteiger partial charge in [-0.25, -0.2) is 9.67 Å². The minimum absolute atomic E-state index is 0.194. The van der Waals surface area contributed by atoms with E-state index in [4.69, 9.17) is 4.74 Å². The topological polar surface area (TPSA) is 86.1 Å². The molecule has 3 aromatic rings. The third-order valence-corrected chi connectivity index (χ3v) is 5.82. The van der Waals surface area contributed by atoms with Crippen molar-refractivity contribution in [1.29, 1.82) is 0 Å².